The first kappa shape index (κ1) is 25.6. The van der Waals surface area contributed by atoms with Crippen molar-refractivity contribution in [1.82, 2.24) is 9.72 Å². The molecule has 7 nitrogen and oxygen atoms in total. The molecule has 5 rings (SSSR count). The van der Waals surface area contributed by atoms with Crippen molar-refractivity contribution in [3.8, 4) is 23.3 Å². The number of methoxy groups -OCH3 is 1. The van der Waals surface area contributed by atoms with E-state index in [1.165, 1.54) is 36.1 Å². The number of hydrogen-bond acceptors (Lipinski definition) is 5. The van der Waals surface area contributed by atoms with E-state index in [1.807, 2.05) is 0 Å². The Morgan fingerprint density at radius 3 is 2.79 bits per heavy atom. The fourth-order valence-electron chi connectivity index (χ4n) is 4.46. The van der Waals surface area contributed by atoms with Crippen LogP contribution in [-0.2, 0) is 11.0 Å². The maximum absolute atomic E-state index is 15.2. The molecule has 0 saturated heterocycles. The van der Waals surface area contributed by atoms with Gasteiger partial charge in [0.2, 0.25) is 5.92 Å². The molecule has 38 heavy (non-hydrogen) atoms. The normalized spacial score (nSPS) is 17.4. The van der Waals surface area contributed by atoms with Crippen molar-refractivity contribution in [3.05, 3.63) is 76.5 Å². The third-order valence-electron chi connectivity index (χ3n) is 6.28. The molecule has 2 unspecified atom stereocenters. The summed E-state index contributed by atoms with van der Waals surface area (Å²) in [5, 5.41) is 4.24. The van der Waals surface area contributed by atoms with Gasteiger partial charge in [-0.3, -0.25) is 14.1 Å². The van der Waals surface area contributed by atoms with Crippen LogP contribution in [0.15, 0.2) is 69.0 Å². The van der Waals surface area contributed by atoms with E-state index in [0.29, 0.717) is 34.5 Å². The number of rotatable bonds is 5. The molecule has 1 fully saturated rings. The Labute approximate surface area is 218 Å². The van der Waals surface area contributed by atoms with Gasteiger partial charge in [0.05, 0.1) is 28.8 Å². The molecule has 1 saturated carbocycles. The lowest BCUT2D eigenvalue weighted by Crippen LogP contribution is -2.25. The molecule has 2 atom stereocenters. The molecule has 4 aromatic rings. The average Bonchev–Trinajstić information content (AvgIpc) is 3.40. The van der Waals surface area contributed by atoms with Crippen LogP contribution in [0.25, 0.3) is 16.6 Å². The second-order valence-corrected chi connectivity index (χ2v) is 10.1. The predicted molar refractivity (Wildman–Crippen MR) is 136 cm³/mol. The second-order valence-electron chi connectivity index (χ2n) is 8.91. The molecule has 2 heterocycles. The molecule has 1 N–H and O–H groups in total. The molecule has 2 aromatic heterocycles. The number of alkyl halides is 2. The second kappa shape index (κ2) is 10.4. The summed E-state index contributed by atoms with van der Waals surface area (Å²) in [6.45, 7) is 0. The number of benzene rings is 2. The van der Waals surface area contributed by atoms with Crippen LogP contribution in [0, 0.1) is 23.6 Å². The third kappa shape index (κ3) is 5.31. The van der Waals surface area contributed by atoms with E-state index in [0.717, 1.165) is 6.07 Å². The molecule has 0 amide bonds. The van der Waals surface area contributed by atoms with E-state index in [1.54, 1.807) is 24.3 Å². The molecule has 2 aromatic carbocycles. The van der Waals surface area contributed by atoms with Gasteiger partial charge in [0.25, 0.3) is 5.56 Å². The molecule has 11 heteroatoms. The number of nitrogens with one attached hydrogen (secondary N) is 1. The van der Waals surface area contributed by atoms with Crippen LogP contribution < -0.4 is 15.0 Å². The minimum absolute atomic E-state index is 0.00983. The number of pyridine rings is 1. The highest BCUT2D eigenvalue weighted by Crippen LogP contribution is 2.36. The highest BCUT2D eigenvalue weighted by Gasteiger charge is 2.35. The Morgan fingerprint density at radius 1 is 1.21 bits per heavy atom. The summed E-state index contributed by atoms with van der Waals surface area (Å²) < 4.78 is 69.5. The van der Waals surface area contributed by atoms with Gasteiger partial charge in [-0.2, -0.15) is 0 Å². The Balaban J connectivity index is 1.51. The van der Waals surface area contributed by atoms with Crippen molar-refractivity contribution in [2.75, 3.05) is 11.8 Å². The van der Waals surface area contributed by atoms with Crippen LogP contribution in [0.2, 0.25) is 0 Å². The number of nitrogens with zero attached hydrogens (tertiary/aromatic N) is 2. The molecule has 0 aliphatic heterocycles. The SMILES string of the molecule is COc1cc(C#CC2CCCC(F)(F)C2)c(F)cc1-n1c(=O)ccc2cc(S(=O)Nc3ccon3)ccc21. The zero-order valence-electron chi connectivity index (χ0n) is 20.2. The van der Waals surface area contributed by atoms with E-state index in [2.05, 4.69) is 21.7 Å². The summed E-state index contributed by atoms with van der Waals surface area (Å²) in [5.74, 6) is 1.95. The van der Waals surface area contributed by atoms with Crippen molar-refractivity contribution in [1.29, 1.82) is 0 Å². The van der Waals surface area contributed by atoms with Gasteiger partial charge < -0.3 is 9.26 Å². The topological polar surface area (TPSA) is 86.4 Å². The van der Waals surface area contributed by atoms with Crippen LogP contribution in [0.1, 0.15) is 31.2 Å². The largest absolute Gasteiger partial charge is 0.495 e. The maximum atomic E-state index is 15.2. The molecule has 0 bridgehead atoms. The highest BCUT2D eigenvalue weighted by molar-refractivity contribution is 7.86. The van der Waals surface area contributed by atoms with Crippen molar-refractivity contribution < 1.29 is 26.6 Å². The van der Waals surface area contributed by atoms with E-state index < -0.39 is 34.2 Å². The highest BCUT2D eigenvalue weighted by atomic mass is 32.2. The lowest BCUT2D eigenvalue weighted by molar-refractivity contribution is -0.0440. The van der Waals surface area contributed by atoms with Crippen LogP contribution in [0.3, 0.4) is 0 Å². The van der Waals surface area contributed by atoms with Crippen LogP contribution >= 0.6 is 0 Å². The number of halogens is 3. The minimum atomic E-state index is -2.76. The number of anilines is 1. The third-order valence-corrected chi connectivity index (χ3v) is 7.35. The molecular formula is C27H22F3N3O4S. The average molecular weight is 542 g/mol. The van der Waals surface area contributed by atoms with E-state index in [9.17, 15) is 17.8 Å². The summed E-state index contributed by atoms with van der Waals surface area (Å²) >= 11 is 0. The molecule has 0 radical (unpaired) electrons. The van der Waals surface area contributed by atoms with Gasteiger partial charge in [-0.1, -0.05) is 17.0 Å². The molecule has 0 spiro atoms. The van der Waals surface area contributed by atoms with E-state index in [-0.39, 0.29) is 29.8 Å². The van der Waals surface area contributed by atoms with Crippen LogP contribution in [0.4, 0.5) is 19.0 Å². The fourth-order valence-corrected chi connectivity index (χ4v) is 5.30. The van der Waals surface area contributed by atoms with Gasteiger partial charge in [-0.05, 0) is 37.1 Å². The quantitative estimate of drug-likeness (QED) is 0.340. The lowest BCUT2D eigenvalue weighted by atomic mass is 9.87. The van der Waals surface area contributed by atoms with Gasteiger partial charge in [-0.15, -0.1) is 0 Å². The number of hydrogen-bond donors (Lipinski definition) is 1. The predicted octanol–water partition coefficient (Wildman–Crippen LogP) is 5.44. The van der Waals surface area contributed by atoms with Gasteiger partial charge in [0.1, 0.15) is 17.8 Å². The molecular weight excluding hydrogens is 519 g/mol. The summed E-state index contributed by atoms with van der Waals surface area (Å²) in [6.07, 6.45) is 1.75. The summed E-state index contributed by atoms with van der Waals surface area (Å²) in [6, 6.07) is 11.7. The zero-order valence-corrected chi connectivity index (χ0v) is 21.0. The van der Waals surface area contributed by atoms with Gasteiger partial charge in [0, 0.05) is 48.4 Å². The van der Waals surface area contributed by atoms with Crippen molar-refractivity contribution >= 4 is 27.7 Å². The van der Waals surface area contributed by atoms with Crippen LogP contribution in [-0.4, -0.2) is 27.0 Å². The van der Waals surface area contributed by atoms with Crippen molar-refractivity contribution in [2.45, 2.75) is 36.5 Å². The number of aromatic nitrogens is 2. The van der Waals surface area contributed by atoms with Gasteiger partial charge in [-0.25, -0.2) is 17.4 Å². The Bertz CT molecular complexity index is 1640. The zero-order chi connectivity index (χ0) is 26.9. The van der Waals surface area contributed by atoms with E-state index >= 15 is 4.39 Å². The van der Waals surface area contributed by atoms with Gasteiger partial charge in [0.15, 0.2) is 16.8 Å². The Kier molecular flexibility index (Phi) is 6.99. The number of ether oxygens (including phenoxy) is 1. The Hall–Kier alpha value is -4.04. The lowest BCUT2D eigenvalue weighted by Gasteiger charge is -2.25. The van der Waals surface area contributed by atoms with E-state index in [4.69, 9.17) is 9.26 Å². The molecule has 1 aliphatic rings. The minimum Gasteiger partial charge on any atom is -0.495 e. The first-order valence-electron chi connectivity index (χ1n) is 11.8. The maximum Gasteiger partial charge on any atom is 0.255 e. The van der Waals surface area contributed by atoms with Crippen molar-refractivity contribution in [2.24, 2.45) is 5.92 Å². The summed E-state index contributed by atoms with van der Waals surface area (Å²) in [7, 11) is -0.277. The van der Waals surface area contributed by atoms with Crippen LogP contribution in [0.5, 0.6) is 5.75 Å². The Morgan fingerprint density at radius 2 is 2.05 bits per heavy atom. The monoisotopic (exact) mass is 541 g/mol. The standard InChI is InChI=1S/C27H22F3N3O4S/c1-36-24-14-18(5-4-17-3-2-11-27(29,30)16-17)21(28)15-23(24)33-22-8-7-20(13-19(22)6-9-26(33)34)38(35)32-25-10-12-37-31-25/h6-10,12-15,17H,2-3,11,16H2,1H3,(H,31,32). The van der Waals surface area contributed by atoms with Crippen molar-refractivity contribution in [3.63, 3.8) is 0 Å². The number of fused-ring (bicyclic) bond motifs is 1. The first-order chi connectivity index (χ1) is 18.2. The van der Waals surface area contributed by atoms with Gasteiger partial charge >= 0.3 is 0 Å². The smallest absolute Gasteiger partial charge is 0.255 e. The summed E-state index contributed by atoms with van der Waals surface area (Å²) in [4.78, 5) is 13.3. The summed E-state index contributed by atoms with van der Waals surface area (Å²) in [5.41, 5.74) is 0.128. The molecule has 1 aliphatic carbocycles. The first-order valence-corrected chi connectivity index (χ1v) is 12.9. The molecule has 196 valence electrons. The fraction of sp³-hybridized carbons (Fsp3) is 0.259.